The maximum absolute atomic E-state index is 13.2. The van der Waals surface area contributed by atoms with Gasteiger partial charge in [-0.05, 0) is 25.0 Å². The second-order valence-corrected chi connectivity index (χ2v) is 10.6. The minimum Gasteiger partial charge on any atom is -0.493 e. The van der Waals surface area contributed by atoms with E-state index in [1.54, 1.807) is 60.7 Å². The summed E-state index contributed by atoms with van der Waals surface area (Å²) >= 11 is 0. The van der Waals surface area contributed by atoms with Gasteiger partial charge in [-0.25, -0.2) is 0 Å². The molecule has 4 heterocycles. The van der Waals surface area contributed by atoms with Gasteiger partial charge in [0.05, 0.1) is 62.0 Å². The highest BCUT2D eigenvalue weighted by molar-refractivity contribution is 6.04. The van der Waals surface area contributed by atoms with Crippen LogP contribution in [0.4, 0.5) is 11.4 Å². The van der Waals surface area contributed by atoms with Crippen LogP contribution in [0, 0.1) is 0 Å². The highest BCUT2D eigenvalue weighted by Gasteiger charge is 2.35. The van der Waals surface area contributed by atoms with E-state index in [0.717, 1.165) is 24.0 Å². The van der Waals surface area contributed by atoms with E-state index < -0.39 is 0 Å². The Hall–Kier alpha value is -4.60. The Labute approximate surface area is 238 Å². The number of aliphatic imine (C=N–C) groups is 2. The quantitative estimate of drug-likeness (QED) is 0.350. The second-order valence-electron chi connectivity index (χ2n) is 10.6. The molecule has 4 aliphatic heterocycles. The standard InChI is InChI=1S/C31H32N4O6/c1-18-8-20-14-32-24-12-28(26(38-3)10-22(24)30(36)34(20)16-18)40-6-5-7-41-29-13-25-23(11-27(29)39-4)31(37)35-17-19(2)9-21(35)15-33-25/h10-15,20-21H,1-2,5-9,16-17H2,3-4H3/t20-,21+. The normalized spacial score (nSPS) is 20.7. The van der Waals surface area contributed by atoms with Crippen molar-refractivity contribution in [2.24, 2.45) is 9.98 Å². The zero-order valence-corrected chi connectivity index (χ0v) is 23.2. The molecule has 0 unspecified atom stereocenters. The molecule has 2 atom stereocenters. The van der Waals surface area contributed by atoms with Crippen molar-refractivity contribution in [3.63, 3.8) is 0 Å². The summed E-state index contributed by atoms with van der Waals surface area (Å²) in [5.41, 5.74) is 4.10. The molecule has 0 radical (unpaired) electrons. The summed E-state index contributed by atoms with van der Waals surface area (Å²) in [7, 11) is 3.09. The molecular formula is C31H32N4O6. The van der Waals surface area contributed by atoms with Gasteiger partial charge in [0.2, 0.25) is 0 Å². The van der Waals surface area contributed by atoms with Crippen molar-refractivity contribution >= 4 is 35.6 Å². The fraction of sp³-hybridized carbons (Fsp3) is 0.355. The first-order valence-electron chi connectivity index (χ1n) is 13.6. The van der Waals surface area contributed by atoms with Crippen molar-refractivity contribution in [1.29, 1.82) is 0 Å². The number of hydrogen-bond donors (Lipinski definition) is 0. The molecule has 2 aromatic rings. The summed E-state index contributed by atoms with van der Waals surface area (Å²) in [6.07, 6.45) is 5.60. The van der Waals surface area contributed by atoms with Crippen molar-refractivity contribution in [2.75, 3.05) is 40.5 Å². The number of methoxy groups -OCH3 is 2. The van der Waals surface area contributed by atoms with Gasteiger partial charge in [0.1, 0.15) is 0 Å². The van der Waals surface area contributed by atoms with Crippen molar-refractivity contribution in [3.05, 3.63) is 59.7 Å². The summed E-state index contributed by atoms with van der Waals surface area (Å²) in [5, 5.41) is 0. The molecule has 0 bridgehead atoms. The molecule has 6 rings (SSSR count). The van der Waals surface area contributed by atoms with Gasteiger partial charge >= 0.3 is 0 Å². The molecule has 212 valence electrons. The van der Waals surface area contributed by atoms with Crippen molar-refractivity contribution in [2.45, 2.75) is 31.3 Å². The molecule has 0 spiro atoms. The number of carbonyl (C=O) groups is 2. The smallest absolute Gasteiger partial charge is 0.257 e. The third kappa shape index (κ3) is 4.94. The maximum atomic E-state index is 13.2. The van der Waals surface area contributed by atoms with E-state index in [0.29, 0.717) is 78.2 Å². The van der Waals surface area contributed by atoms with Gasteiger partial charge in [0.25, 0.3) is 11.8 Å². The Morgan fingerprint density at radius 2 is 1.17 bits per heavy atom. The van der Waals surface area contributed by atoms with Crippen molar-refractivity contribution < 1.29 is 28.5 Å². The number of fused-ring (bicyclic) bond motifs is 4. The van der Waals surface area contributed by atoms with E-state index >= 15 is 0 Å². The van der Waals surface area contributed by atoms with Crippen LogP contribution in [0.3, 0.4) is 0 Å². The van der Waals surface area contributed by atoms with Gasteiger partial charge in [0.15, 0.2) is 23.0 Å². The summed E-state index contributed by atoms with van der Waals surface area (Å²) in [5.74, 6) is 1.74. The van der Waals surface area contributed by atoms with Gasteiger partial charge in [0, 0.05) is 44.1 Å². The number of nitrogens with zero attached hydrogens (tertiary/aromatic N) is 4. The average molecular weight is 557 g/mol. The SMILES string of the molecule is C=C1C[C@H]2C=Nc3cc(OCCCOc4cc5c(cc4OC)C(=O)N4CC(=C)C[C@@H]4C=N5)c(OC)cc3C(=O)N2C1. The average Bonchev–Trinajstić information content (AvgIpc) is 3.48. The van der Waals surface area contributed by atoms with Crippen molar-refractivity contribution in [1.82, 2.24) is 9.80 Å². The van der Waals surface area contributed by atoms with E-state index in [1.807, 2.05) is 0 Å². The largest absolute Gasteiger partial charge is 0.493 e. The molecule has 10 heteroatoms. The Morgan fingerprint density at radius 3 is 1.59 bits per heavy atom. The first kappa shape index (κ1) is 26.6. The Balaban J connectivity index is 1.11. The lowest BCUT2D eigenvalue weighted by Crippen LogP contribution is -2.35. The predicted molar refractivity (Wildman–Crippen MR) is 155 cm³/mol. The molecule has 10 nitrogen and oxygen atoms in total. The van der Waals surface area contributed by atoms with E-state index in [9.17, 15) is 9.59 Å². The fourth-order valence-electron chi connectivity index (χ4n) is 5.63. The number of rotatable bonds is 8. The molecule has 41 heavy (non-hydrogen) atoms. The molecule has 0 saturated carbocycles. The molecule has 2 fully saturated rings. The van der Waals surface area contributed by atoms with Gasteiger partial charge in [-0.15, -0.1) is 0 Å². The molecule has 0 aliphatic carbocycles. The number of hydrogen-bond acceptors (Lipinski definition) is 8. The maximum Gasteiger partial charge on any atom is 0.257 e. The lowest BCUT2D eigenvalue weighted by atomic mass is 10.1. The summed E-state index contributed by atoms with van der Waals surface area (Å²) in [4.78, 5) is 39.1. The van der Waals surface area contributed by atoms with Gasteiger partial charge < -0.3 is 28.7 Å². The first-order chi connectivity index (χ1) is 19.9. The zero-order chi connectivity index (χ0) is 28.7. The van der Waals surface area contributed by atoms with Crippen LogP contribution in [0.5, 0.6) is 23.0 Å². The van der Waals surface area contributed by atoms with Crippen LogP contribution >= 0.6 is 0 Å². The topological polar surface area (TPSA) is 102 Å². The van der Waals surface area contributed by atoms with E-state index in [1.165, 1.54) is 0 Å². The number of carbonyl (C=O) groups excluding carboxylic acids is 2. The van der Waals surface area contributed by atoms with E-state index in [-0.39, 0.29) is 23.9 Å². The summed E-state index contributed by atoms with van der Waals surface area (Å²) in [6.45, 7) is 9.78. The highest BCUT2D eigenvalue weighted by Crippen LogP contribution is 2.40. The molecular weight excluding hydrogens is 524 g/mol. The van der Waals surface area contributed by atoms with E-state index in [2.05, 4.69) is 23.1 Å². The molecule has 0 aromatic heterocycles. The van der Waals surface area contributed by atoms with Crippen LogP contribution in [0.25, 0.3) is 0 Å². The lowest BCUT2D eigenvalue weighted by Gasteiger charge is -2.20. The van der Waals surface area contributed by atoms with Crippen LogP contribution < -0.4 is 18.9 Å². The number of amides is 2. The fourth-order valence-corrected chi connectivity index (χ4v) is 5.63. The molecule has 0 N–H and O–H groups in total. The van der Waals surface area contributed by atoms with Gasteiger partial charge in [-0.2, -0.15) is 0 Å². The summed E-state index contributed by atoms with van der Waals surface area (Å²) < 4.78 is 23.1. The van der Waals surface area contributed by atoms with E-state index in [4.69, 9.17) is 18.9 Å². The minimum atomic E-state index is -0.0917. The molecule has 2 aromatic carbocycles. The van der Waals surface area contributed by atoms with Crippen LogP contribution in [0.15, 0.2) is 58.6 Å². The van der Waals surface area contributed by atoms with Gasteiger partial charge in [-0.1, -0.05) is 24.3 Å². The van der Waals surface area contributed by atoms with Crippen LogP contribution in [-0.2, 0) is 0 Å². The zero-order valence-electron chi connectivity index (χ0n) is 23.2. The van der Waals surface area contributed by atoms with Crippen LogP contribution in [0.2, 0.25) is 0 Å². The lowest BCUT2D eigenvalue weighted by molar-refractivity contribution is 0.0770. The summed E-state index contributed by atoms with van der Waals surface area (Å²) in [6, 6.07) is 6.69. The number of benzene rings is 2. The molecule has 2 amide bonds. The third-order valence-corrected chi connectivity index (χ3v) is 7.71. The Kier molecular flexibility index (Phi) is 6.98. The van der Waals surface area contributed by atoms with Crippen molar-refractivity contribution in [3.8, 4) is 23.0 Å². The van der Waals surface area contributed by atoms with Gasteiger partial charge in [-0.3, -0.25) is 19.6 Å². The predicted octanol–water partition coefficient (Wildman–Crippen LogP) is 4.52. The monoisotopic (exact) mass is 556 g/mol. The number of ether oxygens (including phenoxy) is 4. The first-order valence-corrected chi connectivity index (χ1v) is 13.6. The Bertz CT molecular complexity index is 1400. The Morgan fingerprint density at radius 1 is 0.732 bits per heavy atom. The second kappa shape index (κ2) is 10.8. The minimum absolute atomic E-state index is 0.0826. The van der Waals surface area contributed by atoms with Crippen LogP contribution in [0.1, 0.15) is 40.0 Å². The third-order valence-electron chi connectivity index (χ3n) is 7.71. The van der Waals surface area contributed by atoms with Crippen LogP contribution in [-0.4, -0.2) is 86.6 Å². The highest BCUT2D eigenvalue weighted by atomic mass is 16.5. The molecule has 4 aliphatic rings. The molecule has 2 saturated heterocycles.